The maximum atomic E-state index is 12.8. The second kappa shape index (κ2) is 5.55. The third-order valence-corrected chi connectivity index (χ3v) is 5.29. The molecule has 0 bridgehead atoms. The van der Waals surface area contributed by atoms with Crippen molar-refractivity contribution >= 4 is 27.8 Å². The lowest BCUT2D eigenvalue weighted by Gasteiger charge is -2.35. The van der Waals surface area contributed by atoms with Crippen molar-refractivity contribution in [3.05, 3.63) is 77.6 Å². The van der Waals surface area contributed by atoms with Crippen molar-refractivity contribution in [2.45, 2.75) is 25.3 Å². The van der Waals surface area contributed by atoms with Crippen molar-refractivity contribution in [3.8, 4) is 0 Å². The summed E-state index contributed by atoms with van der Waals surface area (Å²) in [7, 11) is 0. The predicted molar refractivity (Wildman–Crippen MR) is 100 cm³/mol. The Bertz CT molecular complexity index is 1020. The summed E-state index contributed by atoms with van der Waals surface area (Å²) in [5.41, 5.74) is 5.52. The van der Waals surface area contributed by atoms with E-state index in [4.69, 9.17) is 0 Å². The molecule has 1 atom stereocenters. The number of rotatable bonds is 1. The molecule has 2 aromatic carbocycles. The van der Waals surface area contributed by atoms with Crippen LogP contribution in [-0.2, 0) is 4.79 Å². The van der Waals surface area contributed by atoms with Gasteiger partial charge >= 0.3 is 0 Å². The Kier molecular flexibility index (Phi) is 3.20. The second-order valence-corrected chi connectivity index (χ2v) is 6.74. The molecule has 3 heteroatoms. The molecule has 2 heterocycles. The third-order valence-electron chi connectivity index (χ3n) is 5.29. The highest BCUT2D eigenvalue weighted by atomic mass is 16.1. The number of carbonyl (C=O) groups is 1. The van der Waals surface area contributed by atoms with Gasteiger partial charge in [-0.05, 0) is 46.9 Å². The molecule has 0 fully saturated rings. The summed E-state index contributed by atoms with van der Waals surface area (Å²) in [4.78, 5) is 17.1. The van der Waals surface area contributed by atoms with Crippen LogP contribution in [0, 0.1) is 0 Å². The summed E-state index contributed by atoms with van der Waals surface area (Å²) >= 11 is 0. The van der Waals surface area contributed by atoms with E-state index in [0.29, 0.717) is 6.42 Å². The van der Waals surface area contributed by atoms with Gasteiger partial charge in [0.05, 0.1) is 6.04 Å². The predicted octanol–water partition coefficient (Wildman–Crippen LogP) is 4.91. The number of carbonyl (C=O) groups excluding carboxylic acids is 1. The lowest BCUT2D eigenvalue weighted by Crippen LogP contribution is -2.27. The molecule has 2 aliphatic rings. The number of nitrogens with one attached hydrogen (secondary N) is 1. The number of nitrogens with zero attached hydrogens (tertiary/aromatic N) is 1. The van der Waals surface area contributed by atoms with E-state index in [0.717, 1.165) is 29.7 Å². The van der Waals surface area contributed by atoms with Crippen LogP contribution in [-0.4, -0.2) is 10.8 Å². The Morgan fingerprint density at radius 1 is 1.00 bits per heavy atom. The summed E-state index contributed by atoms with van der Waals surface area (Å²) in [6, 6.07) is 16.6. The van der Waals surface area contributed by atoms with Crippen molar-refractivity contribution in [1.29, 1.82) is 0 Å². The summed E-state index contributed by atoms with van der Waals surface area (Å²) in [5.74, 6) is 0.265. The van der Waals surface area contributed by atoms with Gasteiger partial charge in [0.2, 0.25) is 0 Å². The van der Waals surface area contributed by atoms with Gasteiger partial charge in [0, 0.05) is 35.6 Å². The zero-order valence-corrected chi connectivity index (χ0v) is 13.8. The molecule has 1 aliphatic heterocycles. The van der Waals surface area contributed by atoms with Gasteiger partial charge in [-0.1, -0.05) is 36.4 Å². The molecular weight excluding hydrogens is 308 g/mol. The van der Waals surface area contributed by atoms with Crippen LogP contribution >= 0.6 is 0 Å². The minimum absolute atomic E-state index is 0.106. The first-order valence-electron chi connectivity index (χ1n) is 8.78. The number of hydrogen-bond acceptors (Lipinski definition) is 3. The van der Waals surface area contributed by atoms with Crippen LogP contribution in [0.15, 0.2) is 66.5 Å². The highest BCUT2D eigenvalue weighted by Crippen LogP contribution is 2.47. The number of fused-ring (bicyclic) bond motifs is 4. The Hall–Kier alpha value is -2.94. The SMILES string of the molecule is O=C1CCCC2=C1[C@@H](c1cccnc1)Nc1ccc3ccccc3c12. The number of benzene rings is 2. The maximum absolute atomic E-state index is 12.8. The summed E-state index contributed by atoms with van der Waals surface area (Å²) in [6.45, 7) is 0. The van der Waals surface area contributed by atoms with Gasteiger partial charge in [-0.25, -0.2) is 0 Å². The van der Waals surface area contributed by atoms with Gasteiger partial charge in [-0.15, -0.1) is 0 Å². The maximum Gasteiger partial charge on any atom is 0.161 e. The number of pyridine rings is 1. The van der Waals surface area contributed by atoms with Crippen LogP contribution in [0.1, 0.15) is 36.4 Å². The molecule has 0 radical (unpaired) electrons. The quantitative estimate of drug-likeness (QED) is 0.691. The zero-order valence-electron chi connectivity index (χ0n) is 13.8. The first-order valence-corrected chi connectivity index (χ1v) is 8.78. The topological polar surface area (TPSA) is 42.0 Å². The van der Waals surface area contributed by atoms with Crippen molar-refractivity contribution in [2.75, 3.05) is 5.32 Å². The van der Waals surface area contributed by atoms with E-state index in [9.17, 15) is 4.79 Å². The van der Waals surface area contributed by atoms with Crippen LogP contribution < -0.4 is 5.32 Å². The molecule has 1 aliphatic carbocycles. The molecule has 1 N–H and O–H groups in total. The Labute approximate surface area is 146 Å². The Morgan fingerprint density at radius 2 is 1.92 bits per heavy atom. The van der Waals surface area contributed by atoms with E-state index in [-0.39, 0.29) is 11.8 Å². The minimum atomic E-state index is -0.106. The highest BCUT2D eigenvalue weighted by molar-refractivity contribution is 6.12. The molecule has 25 heavy (non-hydrogen) atoms. The lowest BCUT2D eigenvalue weighted by molar-refractivity contribution is -0.116. The number of aromatic nitrogens is 1. The van der Waals surface area contributed by atoms with E-state index in [2.05, 4.69) is 46.7 Å². The number of hydrogen-bond donors (Lipinski definition) is 1. The van der Waals surface area contributed by atoms with Crippen LogP contribution in [0.5, 0.6) is 0 Å². The van der Waals surface area contributed by atoms with Crippen molar-refractivity contribution in [3.63, 3.8) is 0 Å². The van der Waals surface area contributed by atoms with Gasteiger partial charge in [0.15, 0.2) is 5.78 Å². The average Bonchev–Trinajstić information content (AvgIpc) is 2.68. The van der Waals surface area contributed by atoms with Crippen molar-refractivity contribution in [1.82, 2.24) is 4.98 Å². The lowest BCUT2D eigenvalue weighted by atomic mass is 9.77. The number of Topliss-reactive ketones (excluding diaryl/α,β-unsaturated/α-hetero) is 1. The van der Waals surface area contributed by atoms with Gasteiger partial charge in [-0.2, -0.15) is 0 Å². The first-order chi connectivity index (χ1) is 12.3. The first kappa shape index (κ1) is 14.4. The summed E-state index contributed by atoms with van der Waals surface area (Å²) < 4.78 is 0. The fourth-order valence-electron chi connectivity index (χ4n) is 4.20. The van der Waals surface area contributed by atoms with Crippen LogP contribution in [0.25, 0.3) is 16.3 Å². The standard InChI is InChI=1S/C22H18N2O/c25-19-9-3-8-17-20-16-7-2-1-5-14(16)10-11-18(20)24-22(21(17)19)15-6-4-12-23-13-15/h1-2,4-7,10-13,22,24H,3,8-9H2/t22-/m1/s1. The molecule has 5 rings (SSSR count). The fraction of sp³-hybridized carbons (Fsp3) is 0.182. The molecule has 0 amide bonds. The third kappa shape index (κ3) is 2.19. The van der Waals surface area contributed by atoms with Gasteiger partial charge in [0.1, 0.15) is 0 Å². The number of ketones is 1. The fourth-order valence-corrected chi connectivity index (χ4v) is 4.20. The summed E-state index contributed by atoms with van der Waals surface area (Å²) in [6.07, 6.45) is 6.15. The molecule has 0 spiro atoms. The molecule has 0 unspecified atom stereocenters. The van der Waals surface area contributed by atoms with Crippen molar-refractivity contribution < 1.29 is 4.79 Å². The van der Waals surface area contributed by atoms with E-state index in [1.165, 1.54) is 21.9 Å². The zero-order chi connectivity index (χ0) is 16.8. The van der Waals surface area contributed by atoms with E-state index in [1.54, 1.807) is 6.20 Å². The van der Waals surface area contributed by atoms with E-state index < -0.39 is 0 Å². The Morgan fingerprint density at radius 3 is 2.80 bits per heavy atom. The van der Waals surface area contributed by atoms with Gasteiger partial charge < -0.3 is 5.32 Å². The molecule has 3 aromatic rings. The van der Waals surface area contributed by atoms with Gasteiger partial charge in [0.25, 0.3) is 0 Å². The second-order valence-electron chi connectivity index (χ2n) is 6.74. The van der Waals surface area contributed by atoms with Crippen molar-refractivity contribution in [2.24, 2.45) is 0 Å². The number of anilines is 1. The average molecular weight is 326 g/mol. The molecule has 1 aromatic heterocycles. The van der Waals surface area contributed by atoms with Crippen LogP contribution in [0.2, 0.25) is 0 Å². The number of allylic oxidation sites excluding steroid dienone is 1. The minimum Gasteiger partial charge on any atom is -0.373 e. The van der Waals surface area contributed by atoms with Crippen LogP contribution in [0.3, 0.4) is 0 Å². The highest BCUT2D eigenvalue weighted by Gasteiger charge is 2.34. The van der Waals surface area contributed by atoms with E-state index in [1.807, 2.05) is 18.3 Å². The molecule has 0 saturated heterocycles. The molecule has 122 valence electrons. The molecule has 3 nitrogen and oxygen atoms in total. The smallest absolute Gasteiger partial charge is 0.161 e. The van der Waals surface area contributed by atoms with Crippen LogP contribution in [0.4, 0.5) is 5.69 Å². The van der Waals surface area contributed by atoms with E-state index >= 15 is 0 Å². The largest absolute Gasteiger partial charge is 0.373 e. The monoisotopic (exact) mass is 326 g/mol. The summed E-state index contributed by atoms with van der Waals surface area (Å²) in [5, 5.41) is 6.05. The normalized spacial score (nSPS) is 19.4. The van der Waals surface area contributed by atoms with Gasteiger partial charge in [-0.3, -0.25) is 9.78 Å². The Balaban J connectivity index is 1.81. The molecular formula is C22H18N2O. The molecule has 0 saturated carbocycles.